The summed E-state index contributed by atoms with van der Waals surface area (Å²) in [7, 11) is 2.06. The van der Waals surface area contributed by atoms with Crippen LogP contribution in [0.5, 0.6) is 0 Å². The monoisotopic (exact) mass is 154 g/mol. The maximum absolute atomic E-state index is 10.7. The fourth-order valence-corrected chi connectivity index (χ4v) is 1.93. The van der Waals surface area contributed by atoms with Gasteiger partial charge in [0.25, 0.3) is 0 Å². The van der Waals surface area contributed by atoms with Crippen LogP contribution in [0.3, 0.4) is 0 Å². The highest BCUT2D eigenvalue weighted by molar-refractivity contribution is 6.13. The maximum Gasteiger partial charge on any atom is 0.306 e. The molecule has 1 aliphatic carbocycles. The molecule has 62 valence electrons. The number of hydrogen-bond donors (Lipinski definition) is 1. The zero-order chi connectivity index (χ0) is 8.43. The van der Waals surface area contributed by atoms with Gasteiger partial charge in [0, 0.05) is 0 Å². The topological polar surface area (TPSA) is 37.3 Å². The molecule has 0 aromatic heterocycles. The molecule has 3 heteroatoms. The highest BCUT2D eigenvalue weighted by Crippen LogP contribution is 2.36. The summed E-state index contributed by atoms with van der Waals surface area (Å²) in [6.45, 7) is 2.15. The smallest absolute Gasteiger partial charge is 0.306 e. The molecule has 0 aromatic rings. The van der Waals surface area contributed by atoms with Gasteiger partial charge in [-0.1, -0.05) is 25.6 Å². The molecule has 0 aromatic carbocycles. The molecule has 0 radical (unpaired) electrons. The van der Waals surface area contributed by atoms with E-state index < -0.39 is 5.97 Å². The zero-order valence-electron chi connectivity index (χ0n) is 7.21. The predicted octanol–water partition coefficient (Wildman–Crippen LogP) is 0.929. The molecule has 1 fully saturated rings. The molecular weight excluding hydrogens is 139 g/mol. The van der Waals surface area contributed by atoms with Crippen LogP contribution in [0, 0.1) is 11.8 Å². The Hall–Kier alpha value is -0.465. The first kappa shape index (κ1) is 8.63. The summed E-state index contributed by atoms with van der Waals surface area (Å²) < 4.78 is 0. The van der Waals surface area contributed by atoms with E-state index in [1.807, 2.05) is 0 Å². The Labute approximate surface area is 68.4 Å². The average Bonchev–Trinajstić information content (AvgIpc) is 1.94. The van der Waals surface area contributed by atoms with Crippen molar-refractivity contribution in [1.29, 1.82) is 0 Å². The van der Waals surface area contributed by atoms with Gasteiger partial charge in [-0.25, -0.2) is 0 Å². The fraction of sp³-hybridized carbons (Fsp3) is 0.875. The van der Waals surface area contributed by atoms with Gasteiger partial charge >= 0.3 is 5.97 Å². The van der Waals surface area contributed by atoms with Gasteiger partial charge in [0.15, 0.2) is 0 Å². The number of aliphatic carboxylic acids is 1. The average molecular weight is 154 g/mol. The van der Waals surface area contributed by atoms with Crippen molar-refractivity contribution in [3.05, 3.63) is 0 Å². The summed E-state index contributed by atoms with van der Waals surface area (Å²) in [5.74, 6) is 0.258. The Balaban J connectivity index is 2.58. The van der Waals surface area contributed by atoms with Crippen LogP contribution in [0.25, 0.3) is 0 Å². The van der Waals surface area contributed by atoms with Gasteiger partial charge < -0.3 is 5.11 Å². The highest BCUT2D eigenvalue weighted by atomic mass is 16.4. The standard InChI is InChI=1S/C8H15BO2/c1-5-3-2-4-6(7(5)9)8(10)11/h5-7H,2-4,9H2,1H3,(H,10,11). The summed E-state index contributed by atoms with van der Waals surface area (Å²) >= 11 is 0. The van der Waals surface area contributed by atoms with Crippen LogP contribution in [0.4, 0.5) is 0 Å². The molecule has 11 heavy (non-hydrogen) atoms. The van der Waals surface area contributed by atoms with E-state index in [9.17, 15) is 4.79 Å². The van der Waals surface area contributed by atoms with Crippen molar-refractivity contribution < 1.29 is 9.90 Å². The van der Waals surface area contributed by atoms with Crippen LogP contribution in [0.1, 0.15) is 26.2 Å². The highest BCUT2D eigenvalue weighted by Gasteiger charge is 2.31. The van der Waals surface area contributed by atoms with E-state index in [-0.39, 0.29) is 5.92 Å². The molecular formula is C8H15BO2. The first-order valence-corrected chi connectivity index (χ1v) is 4.35. The lowest BCUT2D eigenvalue weighted by atomic mass is 9.63. The molecule has 0 amide bonds. The Kier molecular flexibility index (Phi) is 2.58. The quantitative estimate of drug-likeness (QED) is 0.570. The van der Waals surface area contributed by atoms with Crippen LogP contribution < -0.4 is 0 Å². The molecule has 0 bridgehead atoms. The summed E-state index contributed by atoms with van der Waals surface area (Å²) in [4.78, 5) is 10.7. The Morgan fingerprint density at radius 1 is 1.55 bits per heavy atom. The van der Waals surface area contributed by atoms with Gasteiger partial charge in [0.2, 0.25) is 0 Å². The summed E-state index contributed by atoms with van der Waals surface area (Å²) in [6, 6.07) is 0. The Morgan fingerprint density at radius 3 is 2.64 bits per heavy atom. The van der Waals surface area contributed by atoms with Crippen molar-refractivity contribution in [2.24, 2.45) is 11.8 Å². The third-order valence-electron chi connectivity index (χ3n) is 3.02. The third kappa shape index (κ3) is 1.76. The van der Waals surface area contributed by atoms with Crippen molar-refractivity contribution >= 4 is 13.8 Å². The van der Waals surface area contributed by atoms with E-state index in [1.165, 1.54) is 6.42 Å². The van der Waals surface area contributed by atoms with Crippen LogP contribution in [-0.4, -0.2) is 18.9 Å². The predicted molar refractivity (Wildman–Crippen MR) is 46.4 cm³/mol. The van der Waals surface area contributed by atoms with Gasteiger partial charge in [0.05, 0.1) is 5.92 Å². The van der Waals surface area contributed by atoms with Crippen LogP contribution >= 0.6 is 0 Å². The van der Waals surface area contributed by atoms with Gasteiger partial charge in [-0.15, -0.1) is 0 Å². The number of hydrogen-bond acceptors (Lipinski definition) is 1. The normalized spacial score (nSPS) is 38.5. The van der Waals surface area contributed by atoms with E-state index in [1.54, 1.807) is 0 Å². The van der Waals surface area contributed by atoms with E-state index in [0.717, 1.165) is 12.8 Å². The fourth-order valence-electron chi connectivity index (χ4n) is 1.93. The Morgan fingerprint density at radius 2 is 2.18 bits per heavy atom. The molecule has 0 aliphatic heterocycles. The van der Waals surface area contributed by atoms with Gasteiger partial charge in [0.1, 0.15) is 7.85 Å². The molecule has 2 nitrogen and oxygen atoms in total. The molecule has 1 N–H and O–H groups in total. The van der Waals surface area contributed by atoms with E-state index >= 15 is 0 Å². The van der Waals surface area contributed by atoms with E-state index in [2.05, 4.69) is 14.8 Å². The number of carboxylic acids is 1. The minimum Gasteiger partial charge on any atom is -0.481 e. The first-order valence-electron chi connectivity index (χ1n) is 4.35. The van der Waals surface area contributed by atoms with Crippen molar-refractivity contribution in [3.8, 4) is 0 Å². The van der Waals surface area contributed by atoms with Crippen LogP contribution in [0.15, 0.2) is 0 Å². The van der Waals surface area contributed by atoms with Crippen LogP contribution in [-0.2, 0) is 4.79 Å². The summed E-state index contributed by atoms with van der Waals surface area (Å²) in [5.41, 5.74) is 0. The molecule has 3 unspecified atom stereocenters. The number of rotatable bonds is 1. The van der Waals surface area contributed by atoms with Crippen molar-refractivity contribution in [2.45, 2.75) is 32.0 Å². The summed E-state index contributed by atoms with van der Waals surface area (Å²) in [5, 5.41) is 8.83. The second-order valence-electron chi connectivity index (χ2n) is 3.71. The Bertz CT molecular complexity index is 158. The second kappa shape index (κ2) is 3.29. The lowest BCUT2D eigenvalue weighted by Gasteiger charge is -2.31. The van der Waals surface area contributed by atoms with Gasteiger partial charge in [-0.2, -0.15) is 0 Å². The largest absolute Gasteiger partial charge is 0.481 e. The molecule has 3 atom stereocenters. The van der Waals surface area contributed by atoms with Crippen molar-refractivity contribution in [2.75, 3.05) is 0 Å². The third-order valence-corrected chi connectivity index (χ3v) is 3.02. The van der Waals surface area contributed by atoms with Crippen LogP contribution in [0.2, 0.25) is 5.82 Å². The molecule has 0 spiro atoms. The number of carbonyl (C=O) groups is 1. The lowest BCUT2D eigenvalue weighted by molar-refractivity contribution is -0.143. The first-order chi connectivity index (χ1) is 5.13. The molecule has 1 rings (SSSR count). The minimum absolute atomic E-state index is 0.0845. The maximum atomic E-state index is 10.7. The van der Waals surface area contributed by atoms with E-state index in [0.29, 0.717) is 11.7 Å². The minimum atomic E-state index is -0.607. The number of carboxylic acid groups (broad SMARTS) is 1. The molecule has 1 aliphatic rings. The van der Waals surface area contributed by atoms with Crippen molar-refractivity contribution in [1.82, 2.24) is 0 Å². The second-order valence-corrected chi connectivity index (χ2v) is 3.71. The van der Waals surface area contributed by atoms with Gasteiger partial charge in [-0.05, 0) is 12.3 Å². The molecule has 0 heterocycles. The van der Waals surface area contributed by atoms with E-state index in [4.69, 9.17) is 5.11 Å². The lowest BCUT2D eigenvalue weighted by Crippen LogP contribution is -2.28. The summed E-state index contributed by atoms with van der Waals surface area (Å²) in [6.07, 6.45) is 3.16. The molecule has 1 saturated carbocycles. The van der Waals surface area contributed by atoms with Crippen molar-refractivity contribution in [3.63, 3.8) is 0 Å². The molecule has 0 saturated heterocycles. The zero-order valence-corrected chi connectivity index (χ0v) is 7.21. The SMILES string of the molecule is BC1C(C)CCCC1C(=O)O. The van der Waals surface area contributed by atoms with Gasteiger partial charge in [-0.3, -0.25) is 4.79 Å².